The highest BCUT2D eigenvalue weighted by Crippen LogP contribution is 2.14. The zero-order valence-electron chi connectivity index (χ0n) is 8.85. The lowest BCUT2D eigenvalue weighted by molar-refractivity contribution is 0.959. The molecule has 1 aromatic rings. The molecule has 0 saturated heterocycles. The van der Waals surface area contributed by atoms with Crippen molar-refractivity contribution in [2.45, 2.75) is 33.2 Å². The highest BCUT2D eigenvalue weighted by atomic mass is 14.5. The Labute approximate surface area is 81.7 Å². The lowest BCUT2D eigenvalue weighted by Crippen LogP contribution is -2.12. The summed E-state index contributed by atoms with van der Waals surface area (Å²) in [6.45, 7) is 5.05. The molecule has 0 aromatic heterocycles. The molecule has 0 amide bonds. The van der Waals surface area contributed by atoms with Gasteiger partial charge in [-0.15, -0.1) is 0 Å². The minimum Gasteiger partial charge on any atom is -0.326 e. The first-order valence-corrected chi connectivity index (χ1v) is 5.04. The van der Waals surface area contributed by atoms with E-state index in [4.69, 9.17) is 5.73 Å². The maximum Gasteiger partial charge on any atom is 0.139 e. The first-order valence-electron chi connectivity index (χ1n) is 5.04. The number of aryl methyl sites for hydroxylation is 2. The van der Waals surface area contributed by atoms with Gasteiger partial charge in [-0.2, -0.15) is 0 Å². The van der Waals surface area contributed by atoms with Gasteiger partial charge in [0.1, 0.15) is 7.85 Å². The molecule has 0 saturated carbocycles. The topological polar surface area (TPSA) is 26.0 Å². The molecule has 0 radical (unpaired) electrons. The van der Waals surface area contributed by atoms with Crippen LogP contribution in [0, 0.1) is 0 Å². The largest absolute Gasteiger partial charge is 0.326 e. The molecule has 0 heterocycles. The normalized spacial score (nSPS) is 10.4. The number of nitrogens with two attached hydrogens (primary N) is 1. The molecule has 2 heteroatoms. The minimum absolute atomic E-state index is 0.673. The van der Waals surface area contributed by atoms with Crippen LogP contribution >= 0.6 is 0 Å². The van der Waals surface area contributed by atoms with E-state index in [0.29, 0.717) is 6.54 Å². The predicted octanol–water partition coefficient (Wildman–Crippen LogP) is 0.528. The third kappa shape index (κ3) is 2.13. The van der Waals surface area contributed by atoms with Gasteiger partial charge in [-0.05, 0) is 29.5 Å². The third-order valence-electron chi connectivity index (χ3n) is 2.54. The Morgan fingerprint density at radius 3 is 1.92 bits per heavy atom. The first-order chi connectivity index (χ1) is 6.22. The third-order valence-corrected chi connectivity index (χ3v) is 2.54. The number of hydrogen-bond donors (Lipinski definition) is 1. The molecule has 0 atom stereocenters. The number of rotatable bonds is 3. The summed E-state index contributed by atoms with van der Waals surface area (Å²) in [6.07, 6.45) is 2.17. The molecule has 1 rings (SSSR count). The zero-order chi connectivity index (χ0) is 9.84. The lowest BCUT2D eigenvalue weighted by atomic mass is 9.87. The average Bonchev–Trinajstić information content (AvgIpc) is 2.16. The van der Waals surface area contributed by atoms with Crippen molar-refractivity contribution in [3.8, 4) is 0 Å². The van der Waals surface area contributed by atoms with E-state index < -0.39 is 0 Å². The van der Waals surface area contributed by atoms with Crippen molar-refractivity contribution in [2.75, 3.05) is 0 Å². The molecule has 1 nitrogen and oxygen atoms in total. The van der Waals surface area contributed by atoms with Crippen LogP contribution in [0.25, 0.3) is 0 Å². The van der Waals surface area contributed by atoms with Crippen molar-refractivity contribution in [1.82, 2.24) is 0 Å². The molecule has 0 unspecified atom stereocenters. The summed E-state index contributed by atoms with van der Waals surface area (Å²) >= 11 is 0. The van der Waals surface area contributed by atoms with Crippen molar-refractivity contribution in [2.24, 2.45) is 5.73 Å². The van der Waals surface area contributed by atoms with Gasteiger partial charge in [-0.1, -0.05) is 31.4 Å². The van der Waals surface area contributed by atoms with Crippen LogP contribution in [0.15, 0.2) is 12.1 Å². The van der Waals surface area contributed by atoms with Crippen LogP contribution in [0.3, 0.4) is 0 Å². The Bertz CT molecular complexity index is 269. The molecule has 0 spiro atoms. The maximum atomic E-state index is 5.75. The molecule has 13 heavy (non-hydrogen) atoms. The standard InChI is InChI=1S/C11H18BN/c1-3-8-5-10(12)6-9(4-2)11(8)7-13/h5-6H,3-4,7,12-13H2,1-2H3. The summed E-state index contributed by atoms with van der Waals surface area (Å²) in [6, 6.07) is 4.50. The van der Waals surface area contributed by atoms with Crippen molar-refractivity contribution < 1.29 is 0 Å². The Hall–Kier alpha value is -0.755. The highest BCUT2D eigenvalue weighted by molar-refractivity contribution is 6.32. The summed E-state index contributed by atoms with van der Waals surface area (Å²) in [5.41, 5.74) is 11.3. The van der Waals surface area contributed by atoms with Gasteiger partial charge in [0.2, 0.25) is 0 Å². The molecule has 0 aliphatic carbocycles. The maximum absolute atomic E-state index is 5.75. The van der Waals surface area contributed by atoms with Crippen LogP contribution in [-0.2, 0) is 19.4 Å². The van der Waals surface area contributed by atoms with Crippen LogP contribution in [0.4, 0.5) is 0 Å². The van der Waals surface area contributed by atoms with Crippen molar-refractivity contribution in [1.29, 1.82) is 0 Å². The van der Waals surface area contributed by atoms with Crippen LogP contribution in [0.1, 0.15) is 30.5 Å². The Morgan fingerprint density at radius 1 is 1.15 bits per heavy atom. The van der Waals surface area contributed by atoms with Crippen LogP contribution in [0.2, 0.25) is 0 Å². The zero-order valence-corrected chi connectivity index (χ0v) is 8.85. The first kappa shape index (κ1) is 10.3. The van der Waals surface area contributed by atoms with Crippen molar-refractivity contribution in [3.63, 3.8) is 0 Å². The second-order valence-corrected chi connectivity index (χ2v) is 3.47. The summed E-state index contributed by atoms with van der Waals surface area (Å²) in [5, 5.41) is 0. The highest BCUT2D eigenvalue weighted by Gasteiger charge is 2.04. The Kier molecular flexibility index (Phi) is 3.55. The van der Waals surface area contributed by atoms with Gasteiger partial charge in [0.05, 0.1) is 0 Å². The molecular weight excluding hydrogens is 157 g/mol. The second-order valence-electron chi connectivity index (χ2n) is 3.47. The van der Waals surface area contributed by atoms with Gasteiger partial charge in [0.15, 0.2) is 0 Å². The molecule has 0 bridgehead atoms. The summed E-state index contributed by atoms with van der Waals surface area (Å²) in [7, 11) is 2.15. The summed E-state index contributed by atoms with van der Waals surface area (Å²) in [4.78, 5) is 0. The van der Waals surface area contributed by atoms with E-state index in [9.17, 15) is 0 Å². The van der Waals surface area contributed by atoms with E-state index in [1.54, 1.807) is 0 Å². The summed E-state index contributed by atoms with van der Waals surface area (Å²) < 4.78 is 0. The van der Waals surface area contributed by atoms with E-state index in [1.165, 1.54) is 22.2 Å². The van der Waals surface area contributed by atoms with Crippen LogP contribution < -0.4 is 11.2 Å². The van der Waals surface area contributed by atoms with Crippen molar-refractivity contribution >= 4 is 13.3 Å². The van der Waals surface area contributed by atoms with Gasteiger partial charge in [-0.25, -0.2) is 0 Å². The van der Waals surface area contributed by atoms with E-state index in [1.807, 2.05) is 0 Å². The Morgan fingerprint density at radius 2 is 1.62 bits per heavy atom. The molecule has 0 fully saturated rings. The smallest absolute Gasteiger partial charge is 0.139 e. The fourth-order valence-electron chi connectivity index (χ4n) is 1.86. The predicted molar refractivity (Wildman–Crippen MR) is 61.3 cm³/mol. The molecule has 2 N–H and O–H groups in total. The second kappa shape index (κ2) is 4.47. The summed E-state index contributed by atoms with van der Waals surface area (Å²) in [5.74, 6) is 0. The molecular formula is C11H18BN. The molecule has 0 aliphatic heterocycles. The van der Waals surface area contributed by atoms with Gasteiger partial charge < -0.3 is 5.73 Å². The molecule has 0 aliphatic rings. The van der Waals surface area contributed by atoms with E-state index in [-0.39, 0.29) is 0 Å². The average molecular weight is 175 g/mol. The number of hydrogen-bond acceptors (Lipinski definition) is 1. The van der Waals surface area contributed by atoms with Crippen molar-refractivity contribution in [3.05, 3.63) is 28.8 Å². The Balaban J connectivity index is 3.25. The monoisotopic (exact) mass is 175 g/mol. The van der Waals surface area contributed by atoms with Gasteiger partial charge in [0, 0.05) is 6.54 Å². The SMILES string of the molecule is Bc1cc(CC)c(CN)c(CC)c1. The van der Waals surface area contributed by atoms with E-state index >= 15 is 0 Å². The van der Waals surface area contributed by atoms with Crippen LogP contribution in [0.5, 0.6) is 0 Å². The molecule has 1 aromatic carbocycles. The quantitative estimate of drug-likeness (QED) is 0.666. The minimum atomic E-state index is 0.673. The van der Waals surface area contributed by atoms with E-state index in [2.05, 4.69) is 33.8 Å². The fraction of sp³-hybridized carbons (Fsp3) is 0.455. The van der Waals surface area contributed by atoms with Gasteiger partial charge in [0.25, 0.3) is 0 Å². The number of benzene rings is 1. The van der Waals surface area contributed by atoms with E-state index in [0.717, 1.165) is 12.8 Å². The van der Waals surface area contributed by atoms with Gasteiger partial charge in [-0.3, -0.25) is 0 Å². The lowest BCUT2D eigenvalue weighted by Gasteiger charge is -2.12. The van der Waals surface area contributed by atoms with Crippen LogP contribution in [-0.4, -0.2) is 7.85 Å². The fourth-order valence-corrected chi connectivity index (χ4v) is 1.86. The van der Waals surface area contributed by atoms with Gasteiger partial charge >= 0.3 is 0 Å². The molecule has 70 valence electrons.